The van der Waals surface area contributed by atoms with Crippen LogP contribution in [-0.4, -0.2) is 21.6 Å². The minimum absolute atomic E-state index is 0.0954. The number of carbonyl (C=O) groups is 1. The van der Waals surface area contributed by atoms with Gasteiger partial charge in [-0.1, -0.05) is 47.6 Å². The van der Waals surface area contributed by atoms with E-state index in [0.29, 0.717) is 16.1 Å². The molecule has 1 aromatic heterocycles. The lowest BCUT2D eigenvalue weighted by Gasteiger charge is -2.11. The molecule has 1 amide bonds. The van der Waals surface area contributed by atoms with E-state index in [-0.39, 0.29) is 16.3 Å². The summed E-state index contributed by atoms with van der Waals surface area (Å²) in [5.41, 5.74) is 1.56. The summed E-state index contributed by atoms with van der Waals surface area (Å²) in [6, 6.07) is 11.5. The number of aryl methyl sites for hydroxylation is 1. The first kappa shape index (κ1) is 19.4. The average Bonchev–Trinajstić information content (AvgIpc) is 2.61. The van der Waals surface area contributed by atoms with E-state index in [9.17, 15) is 18.0 Å². The van der Waals surface area contributed by atoms with Gasteiger partial charge in [-0.25, -0.2) is 9.97 Å². The number of anilines is 1. The summed E-state index contributed by atoms with van der Waals surface area (Å²) in [5.74, 6) is -1.75. The Hall–Kier alpha value is -2.32. The van der Waals surface area contributed by atoms with E-state index in [1.165, 1.54) is 6.07 Å². The number of hydrogen-bond donors (Lipinski definition) is 1. The van der Waals surface area contributed by atoms with Crippen LogP contribution in [0.1, 0.15) is 11.4 Å². The lowest BCUT2D eigenvalue weighted by molar-refractivity contribution is -0.145. The number of para-hydroxylation sites is 1. The SMILES string of the molecule is Cc1ccc(NC(=O)CSc2nc(C(F)(F)F)nc3ccccc23)c(Cl)c1. The molecule has 0 radical (unpaired) electrons. The van der Waals surface area contributed by atoms with Crippen LogP contribution >= 0.6 is 23.4 Å². The highest BCUT2D eigenvalue weighted by molar-refractivity contribution is 8.00. The first-order valence-corrected chi connectivity index (χ1v) is 9.13. The molecule has 0 unspecified atom stereocenters. The Labute approximate surface area is 162 Å². The van der Waals surface area contributed by atoms with Gasteiger partial charge in [-0.05, 0) is 30.7 Å². The molecule has 9 heteroatoms. The fraction of sp³-hybridized carbons (Fsp3) is 0.167. The maximum absolute atomic E-state index is 13.0. The van der Waals surface area contributed by atoms with Crippen LogP contribution in [0.2, 0.25) is 5.02 Å². The van der Waals surface area contributed by atoms with Gasteiger partial charge in [-0.2, -0.15) is 13.2 Å². The first-order valence-electron chi connectivity index (χ1n) is 7.77. The van der Waals surface area contributed by atoms with Crippen molar-refractivity contribution in [3.63, 3.8) is 0 Å². The van der Waals surface area contributed by atoms with Gasteiger partial charge in [-0.15, -0.1) is 0 Å². The molecule has 0 aliphatic rings. The number of rotatable bonds is 4. The molecule has 0 atom stereocenters. The normalized spacial score (nSPS) is 11.6. The number of fused-ring (bicyclic) bond motifs is 1. The number of thioether (sulfide) groups is 1. The van der Waals surface area contributed by atoms with E-state index in [1.807, 2.05) is 6.92 Å². The number of benzene rings is 2. The van der Waals surface area contributed by atoms with Gasteiger partial charge in [0.05, 0.1) is 22.0 Å². The van der Waals surface area contributed by atoms with Gasteiger partial charge in [0.1, 0.15) is 5.03 Å². The lowest BCUT2D eigenvalue weighted by Crippen LogP contribution is -2.15. The Kier molecular flexibility index (Phi) is 5.57. The van der Waals surface area contributed by atoms with Crippen LogP contribution in [0.15, 0.2) is 47.5 Å². The van der Waals surface area contributed by atoms with Crippen LogP contribution in [0.25, 0.3) is 10.9 Å². The van der Waals surface area contributed by atoms with Crippen LogP contribution in [0.5, 0.6) is 0 Å². The van der Waals surface area contributed by atoms with Gasteiger partial charge >= 0.3 is 6.18 Å². The molecule has 1 heterocycles. The number of halogens is 4. The Morgan fingerprint density at radius 1 is 1.19 bits per heavy atom. The summed E-state index contributed by atoms with van der Waals surface area (Å²) >= 11 is 6.98. The number of nitrogens with zero attached hydrogens (tertiary/aromatic N) is 2. The predicted octanol–water partition coefficient (Wildman–Crippen LogP) is 5.34. The van der Waals surface area contributed by atoms with E-state index in [1.54, 1.807) is 36.4 Å². The number of aromatic nitrogens is 2. The summed E-state index contributed by atoms with van der Waals surface area (Å²) < 4.78 is 39.1. The van der Waals surface area contributed by atoms with Crippen LogP contribution in [-0.2, 0) is 11.0 Å². The molecule has 0 saturated carbocycles. The second-order valence-corrected chi connectivity index (χ2v) is 7.06. The largest absolute Gasteiger partial charge is 0.451 e. The summed E-state index contributed by atoms with van der Waals surface area (Å²) in [4.78, 5) is 19.3. The number of amides is 1. The fourth-order valence-corrected chi connectivity index (χ4v) is 3.43. The number of nitrogens with one attached hydrogen (secondary N) is 1. The van der Waals surface area contributed by atoms with Crippen molar-refractivity contribution in [1.82, 2.24) is 9.97 Å². The Balaban J connectivity index is 1.80. The molecule has 140 valence electrons. The third-order valence-corrected chi connectivity index (χ3v) is 4.86. The number of carbonyl (C=O) groups excluding carboxylic acids is 1. The summed E-state index contributed by atoms with van der Waals surface area (Å²) in [6.45, 7) is 1.87. The smallest absolute Gasteiger partial charge is 0.324 e. The highest BCUT2D eigenvalue weighted by Crippen LogP contribution is 2.32. The molecule has 3 aromatic rings. The first-order chi connectivity index (χ1) is 12.7. The molecule has 2 aromatic carbocycles. The summed E-state index contributed by atoms with van der Waals surface area (Å²) in [6.07, 6.45) is -4.67. The Morgan fingerprint density at radius 2 is 1.93 bits per heavy atom. The van der Waals surface area contributed by atoms with Gasteiger partial charge in [0.15, 0.2) is 0 Å². The number of hydrogen-bond acceptors (Lipinski definition) is 4. The second-order valence-electron chi connectivity index (χ2n) is 5.69. The van der Waals surface area contributed by atoms with Crippen LogP contribution < -0.4 is 5.32 Å². The van der Waals surface area contributed by atoms with Crippen molar-refractivity contribution in [3.05, 3.63) is 58.9 Å². The molecule has 27 heavy (non-hydrogen) atoms. The van der Waals surface area contributed by atoms with E-state index >= 15 is 0 Å². The summed E-state index contributed by atoms with van der Waals surface area (Å²) in [5, 5.41) is 3.58. The molecule has 0 spiro atoms. The standard InChI is InChI=1S/C18H13ClF3N3OS/c1-10-6-7-14(12(19)8-10)23-15(26)9-27-16-11-4-2-3-5-13(11)24-17(25-16)18(20,21)22/h2-8H,9H2,1H3,(H,23,26). The Bertz CT molecular complexity index is 1010. The van der Waals surface area contributed by atoms with Crippen molar-refractivity contribution in [1.29, 1.82) is 0 Å². The molecule has 0 saturated heterocycles. The Morgan fingerprint density at radius 3 is 2.63 bits per heavy atom. The highest BCUT2D eigenvalue weighted by atomic mass is 35.5. The van der Waals surface area contributed by atoms with Crippen molar-refractivity contribution < 1.29 is 18.0 Å². The average molecular weight is 412 g/mol. The fourth-order valence-electron chi connectivity index (χ4n) is 2.33. The van der Waals surface area contributed by atoms with Gasteiger partial charge in [0.2, 0.25) is 11.7 Å². The predicted molar refractivity (Wildman–Crippen MR) is 100 cm³/mol. The molecule has 0 fully saturated rings. The highest BCUT2D eigenvalue weighted by Gasteiger charge is 2.35. The van der Waals surface area contributed by atoms with Gasteiger partial charge in [-0.3, -0.25) is 4.79 Å². The lowest BCUT2D eigenvalue weighted by atomic mass is 10.2. The van der Waals surface area contributed by atoms with Gasteiger partial charge in [0.25, 0.3) is 0 Å². The van der Waals surface area contributed by atoms with Gasteiger partial charge in [0, 0.05) is 5.39 Å². The maximum Gasteiger partial charge on any atom is 0.451 e. The topological polar surface area (TPSA) is 54.9 Å². The van der Waals surface area contributed by atoms with Crippen molar-refractivity contribution >= 4 is 45.9 Å². The molecule has 0 aliphatic carbocycles. The van der Waals surface area contributed by atoms with Crippen molar-refractivity contribution in [2.45, 2.75) is 18.1 Å². The zero-order valence-electron chi connectivity index (χ0n) is 14.0. The quantitative estimate of drug-likeness (QED) is 0.465. The maximum atomic E-state index is 13.0. The zero-order chi connectivity index (χ0) is 19.6. The van der Waals surface area contributed by atoms with Gasteiger partial charge < -0.3 is 5.32 Å². The zero-order valence-corrected chi connectivity index (χ0v) is 15.5. The molecular weight excluding hydrogens is 399 g/mol. The third-order valence-electron chi connectivity index (χ3n) is 3.56. The molecule has 1 N–H and O–H groups in total. The molecule has 0 bridgehead atoms. The van der Waals surface area contributed by atoms with E-state index in [0.717, 1.165) is 17.3 Å². The molecule has 4 nitrogen and oxygen atoms in total. The van der Waals surface area contributed by atoms with Crippen LogP contribution in [0, 0.1) is 6.92 Å². The van der Waals surface area contributed by atoms with Crippen molar-refractivity contribution in [3.8, 4) is 0 Å². The molecule has 0 aliphatic heterocycles. The van der Waals surface area contributed by atoms with E-state index in [2.05, 4.69) is 15.3 Å². The van der Waals surface area contributed by atoms with Crippen LogP contribution in [0.3, 0.4) is 0 Å². The second kappa shape index (κ2) is 7.74. The van der Waals surface area contributed by atoms with E-state index < -0.39 is 17.9 Å². The minimum atomic E-state index is -4.67. The molecule has 3 rings (SSSR count). The molecular formula is C18H13ClF3N3OS. The van der Waals surface area contributed by atoms with E-state index in [4.69, 9.17) is 11.6 Å². The number of alkyl halides is 3. The minimum Gasteiger partial charge on any atom is -0.324 e. The van der Waals surface area contributed by atoms with Crippen molar-refractivity contribution in [2.75, 3.05) is 11.1 Å². The van der Waals surface area contributed by atoms with Crippen molar-refractivity contribution in [2.24, 2.45) is 0 Å². The summed E-state index contributed by atoms with van der Waals surface area (Å²) in [7, 11) is 0. The monoisotopic (exact) mass is 411 g/mol. The third kappa shape index (κ3) is 4.70. The van der Waals surface area contributed by atoms with Crippen LogP contribution in [0.4, 0.5) is 18.9 Å².